The van der Waals surface area contributed by atoms with Crippen molar-refractivity contribution in [1.29, 1.82) is 0 Å². The fourth-order valence-corrected chi connectivity index (χ4v) is 3.56. The highest BCUT2D eigenvalue weighted by molar-refractivity contribution is 5.96. The van der Waals surface area contributed by atoms with Crippen LogP contribution in [0.2, 0.25) is 0 Å². The lowest BCUT2D eigenvalue weighted by molar-refractivity contribution is -0.120. The number of nitrogens with zero attached hydrogens (tertiary/aromatic N) is 1. The summed E-state index contributed by atoms with van der Waals surface area (Å²) in [5.74, 6) is 1.03. The molecule has 4 heteroatoms. The van der Waals surface area contributed by atoms with Gasteiger partial charge in [0.1, 0.15) is 12.4 Å². The maximum absolute atomic E-state index is 12.8. The first kappa shape index (κ1) is 14.4. The first-order valence-electron chi connectivity index (χ1n) is 7.95. The van der Waals surface area contributed by atoms with Crippen LogP contribution in [-0.2, 0) is 4.79 Å². The second-order valence-corrected chi connectivity index (χ2v) is 6.13. The molecular weight excluding hydrogens is 264 g/mol. The zero-order valence-corrected chi connectivity index (χ0v) is 12.7. The molecule has 0 spiro atoms. The van der Waals surface area contributed by atoms with Gasteiger partial charge < -0.3 is 15.0 Å². The molecule has 1 aliphatic carbocycles. The van der Waals surface area contributed by atoms with Gasteiger partial charge in [-0.25, -0.2) is 0 Å². The molecule has 1 aliphatic heterocycles. The number of anilines is 1. The number of ether oxygens (including phenoxy) is 1. The third kappa shape index (κ3) is 2.91. The molecule has 0 atom stereocenters. The van der Waals surface area contributed by atoms with E-state index in [2.05, 4.69) is 5.32 Å². The molecule has 0 bridgehead atoms. The van der Waals surface area contributed by atoms with E-state index in [4.69, 9.17) is 4.74 Å². The van der Waals surface area contributed by atoms with Gasteiger partial charge in [0, 0.05) is 12.0 Å². The van der Waals surface area contributed by atoms with Crippen molar-refractivity contribution in [1.82, 2.24) is 5.32 Å². The van der Waals surface area contributed by atoms with Crippen molar-refractivity contribution in [3.63, 3.8) is 0 Å². The summed E-state index contributed by atoms with van der Waals surface area (Å²) in [6, 6.07) is 7.81. The van der Waals surface area contributed by atoms with Gasteiger partial charge in [0.15, 0.2) is 0 Å². The molecule has 21 heavy (non-hydrogen) atoms. The average Bonchev–Trinajstić information content (AvgIpc) is 2.55. The summed E-state index contributed by atoms with van der Waals surface area (Å²) in [6.45, 7) is 1.23. The van der Waals surface area contributed by atoms with Crippen molar-refractivity contribution in [2.45, 2.75) is 44.1 Å². The van der Waals surface area contributed by atoms with Crippen LogP contribution in [0.3, 0.4) is 0 Å². The normalized spacial score (nSPS) is 20.5. The van der Waals surface area contributed by atoms with Gasteiger partial charge in [-0.2, -0.15) is 0 Å². The molecule has 0 aromatic heterocycles. The molecule has 3 rings (SSSR count). The number of rotatable bonds is 3. The Morgan fingerprint density at radius 2 is 2.05 bits per heavy atom. The molecule has 0 unspecified atom stereocenters. The van der Waals surface area contributed by atoms with Gasteiger partial charge in [-0.1, -0.05) is 31.4 Å². The number of amides is 1. The van der Waals surface area contributed by atoms with Crippen LogP contribution in [0.15, 0.2) is 24.3 Å². The molecule has 0 saturated heterocycles. The smallest absolute Gasteiger partial charge is 0.229 e. The summed E-state index contributed by atoms with van der Waals surface area (Å²) < 4.78 is 5.64. The number of benzene rings is 1. The van der Waals surface area contributed by atoms with E-state index in [9.17, 15) is 4.79 Å². The first-order chi connectivity index (χ1) is 10.2. The summed E-state index contributed by atoms with van der Waals surface area (Å²) in [6.07, 6.45) is 6.50. The highest BCUT2D eigenvalue weighted by Crippen LogP contribution is 2.35. The highest BCUT2D eigenvalue weighted by Gasteiger charge is 2.35. The number of hydrogen-bond donors (Lipinski definition) is 1. The average molecular weight is 288 g/mol. The van der Waals surface area contributed by atoms with E-state index >= 15 is 0 Å². The van der Waals surface area contributed by atoms with Gasteiger partial charge in [0.25, 0.3) is 0 Å². The molecule has 2 aliphatic rings. The zero-order chi connectivity index (χ0) is 14.7. The molecule has 0 radical (unpaired) electrons. The number of fused-ring (bicyclic) bond motifs is 1. The minimum Gasteiger partial charge on any atom is -0.490 e. The lowest BCUT2D eigenvalue weighted by Gasteiger charge is -2.39. The van der Waals surface area contributed by atoms with Crippen LogP contribution < -0.4 is 15.0 Å². The third-order valence-electron chi connectivity index (χ3n) is 4.86. The molecule has 1 aromatic rings. The minimum atomic E-state index is -0.0113. The molecule has 4 nitrogen and oxygen atoms in total. The topological polar surface area (TPSA) is 41.6 Å². The molecular formula is C17H24N2O2. The summed E-state index contributed by atoms with van der Waals surface area (Å²) in [4.78, 5) is 14.7. The van der Waals surface area contributed by atoms with Crippen LogP contribution in [0.1, 0.15) is 38.5 Å². The third-order valence-corrected chi connectivity index (χ3v) is 4.86. The molecule has 1 heterocycles. The molecule has 1 aromatic carbocycles. The lowest BCUT2D eigenvalue weighted by atomic mass is 9.79. The van der Waals surface area contributed by atoms with Crippen molar-refractivity contribution < 1.29 is 9.53 Å². The Morgan fingerprint density at radius 1 is 1.29 bits per heavy atom. The fourth-order valence-electron chi connectivity index (χ4n) is 3.56. The van der Waals surface area contributed by atoms with Crippen LogP contribution >= 0.6 is 0 Å². The van der Waals surface area contributed by atoms with Crippen molar-refractivity contribution in [3.05, 3.63) is 24.3 Å². The van der Waals surface area contributed by atoms with E-state index in [-0.39, 0.29) is 11.4 Å². The van der Waals surface area contributed by atoms with Crippen molar-refractivity contribution >= 4 is 11.6 Å². The van der Waals surface area contributed by atoms with Crippen LogP contribution in [-0.4, -0.2) is 31.6 Å². The Balaban J connectivity index is 1.77. The molecule has 1 amide bonds. The quantitative estimate of drug-likeness (QED) is 0.930. The van der Waals surface area contributed by atoms with Crippen LogP contribution in [0.5, 0.6) is 5.75 Å². The van der Waals surface area contributed by atoms with Gasteiger partial charge in [0.2, 0.25) is 5.91 Å². The van der Waals surface area contributed by atoms with E-state index in [0.29, 0.717) is 19.6 Å². The van der Waals surface area contributed by atoms with Gasteiger partial charge in [-0.3, -0.25) is 4.79 Å². The lowest BCUT2D eigenvalue weighted by Crippen LogP contribution is -2.50. The fraction of sp³-hybridized carbons (Fsp3) is 0.588. The first-order valence-corrected chi connectivity index (χ1v) is 7.95. The predicted octanol–water partition coefficient (Wildman–Crippen LogP) is 2.72. The summed E-state index contributed by atoms with van der Waals surface area (Å²) >= 11 is 0. The molecule has 1 N–H and O–H groups in total. The Hall–Kier alpha value is -1.55. The van der Waals surface area contributed by atoms with E-state index in [1.54, 1.807) is 0 Å². The van der Waals surface area contributed by atoms with Crippen molar-refractivity contribution in [3.8, 4) is 5.75 Å². The zero-order valence-electron chi connectivity index (χ0n) is 12.7. The van der Waals surface area contributed by atoms with Gasteiger partial charge in [0.05, 0.1) is 12.2 Å². The second kappa shape index (κ2) is 6.06. The van der Waals surface area contributed by atoms with E-state index in [1.165, 1.54) is 19.3 Å². The Morgan fingerprint density at radius 3 is 2.81 bits per heavy atom. The number of nitrogens with one attached hydrogen (secondary N) is 1. The van der Waals surface area contributed by atoms with Crippen molar-refractivity contribution in [2.75, 3.05) is 25.1 Å². The maximum Gasteiger partial charge on any atom is 0.229 e. The van der Waals surface area contributed by atoms with Crippen LogP contribution in [0.4, 0.5) is 5.69 Å². The van der Waals surface area contributed by atoms with Crippen LogP contribution in [0.25, 0.3) is 0 Å². The summed E-state index contributed by atoms with van der Waals surface area (Å²) in [7, 11) is 1.99. The standard InChI is InChI=1S/C17H24N2O2/c1-18-17(9-5-2-6-10-17)13-16(20)19-11-12-21-15-8-4-3-7-14(15)19/h3-4,7-8,18H,2,5-6,9-13H2,1H3. The number of hydrogen-bond acceptors (Lipinski definition) is 3. The SMILES string of the molecule is CNC1(CC(=O)N2CCOc3ccccc32)CCCCC1. The molecule has 1 saturated carbocycles. The predicted molar refractivity (Wildman–Crippen MR) is 83.8 cm³/mol. The number of carbonyl (C=O) groups excluding carboxylic acids is 1. The number of carbonyl (C=O) groups is 1. The maximum atomic E-state index is 12.8. The molecule has 114 valence electrons. The van der Waals surface area contributed by atoms with Gasteiger partial charge >= 0.3 is 0 Å². The second-order valence-electron chi connectivity index (χ2n) is 6.13. The van der Waals surface area contributed by atoms with E-state index < -0.39 is 0 Å². The van der Waals surface area contributed by atoms with E-state index in [1.807, 2.05) is 36.2 Å². The molecule has 1 fully saturated rings. The Kier molecular flexibility index (Phi) is 4.15. The van der Waals surface area contributed by atoms with E-state index in [0.717, 1.165) is 24.3 Å². The Bertz CT molecular complexity index is 509. The summed E-state index contributed by atoms with van der Waals surface area (Å²) in [5.41, 5.74) is 0.901. The largest absolute Gasteiger partial charge is 0.490 e. The number of para-hydroxylation sites is 2. The Labute approximate surface area is 126 Å². The summed E-state index contributed by atoms with van der Waals surface area (Å²) in [5, 5.41) is 3.43. The van der Waals surface area contributed by atoms with Crippen LogP contribution in [0, 0.1) is 0 Å². The minimum absolute atomic E-state index is 0.0113. The monoisotopic (exact) mass is 288 g/mol. The highest BCUT2D eigenvalue weighted by atomic mass is 16.5. The van der Waals surface area contributed by atoms with Gasteiger partial charge in [-0.05, 0) is 32.0 Å². The van der Waals surface area contributed by atoms with Crippen molar-refractivity contribution in [2.24, 2.45) is 0 Å². The van der Waals surface area contributed by atoms with Gasteiger partial charge in [-0.15, -0.1) is 0 Å².